The molecule has 0 saturated carbocycles. The monoisotopic (exact) mass is 310 g/mol. The van der Waals surface area contributed by atoms with E-state index in [0.29, 0.717) is 10.8 Å². The molecule has 114 valence electrons. The van der Waals surface area contributed by atoms with Crippen molar-refractivity contribution < 1.29 is 14.4 Å². The highest BCUT2D eigenvalue weighted by Gasteiger charge is 2.55. The van der Waals surface area contributed by atoms with E-state index in [-0.39, 0.29) is 6.04 Å². The fraction of sp³-hybridized carbons (Fsp3) is 0.533. The first kappa shape index (κ1) is 14.5. The zero-order valence-corrected chi connectivity index (χ0v) is 12.7. The van der Waals surface area contributed by atoms with E-state index >= 15 is 0 Å². The molecule has 0 bridgehead atoms. The van der Waals surface area contributed by atoms with Crippen LogP contribution in [-0.2, 0) is 4.74 Å². The van der Waals surface area contributed by atoms with Crippen LogP contribution in [0.25, 0.3) is 0 Å². The van der Waals surface area contributed by atoms with Gasteiger partial charge in [0.1, 0.15) is 11.6 Å². The molecular formula is C15H19ClN2O3. The van der Waals surface area contributed by atoms with Gasteiger partial charge in [0.2, 0.25) is 0 Å². The summed E-state index contributed by atoms with van der Waals surface area (Å²) in [6.07, 6.45) is 1.96. The van der Waals surface area contributed by atoms with E-state index in [1.54, 1.807) is 12.1 Å². The number of nitrogens with zero attached hydrogens (tertiary/aromatic N) is 1. The van der Waals surface area contributed by atoms with Crippen LogP contribution in [-0.4, -0.2) is 35.9 Å². The van der Waals surface area contributed by atoms with Crippen molar-refractivity contribution in [3.63, 3.8) is 0 Å². The molecule has 2 aliphatic heterocycles. The summed E-state index contributed by atoms with van der Waals surface area (Å²) < 4.78 is 5.70. The number of hydroxylamine groups is 2. The Bertz CT molecular complexity index is 531. The average Bonchev–Trinajstić information content (AvgIpc) is 2.73. The molecule has 21 heavy (non-hydrogen) atoms. The zero-order chi connectivity index (χ0) is 14.9. The van der Waals surface area contributed by atoms with E-state index in [0.717, 1.165) is 32.4 Å². The summed E-state index contributed by atoms with van der Waals surface area (Å²) >= 11 is 6.10. The highest BCUT2D eigenvalue weighted by atomic mass is 35.5. The number of halogens is 1. The van der Waals surface area contributed by atoms with Gasteiger partial charge in [0.05, 0.1) is 5.02 Å². The molecule has 6 heteroatoms. The third-order valence-corrected chi connectivity index (χ3v) is 4.54. The Hall–Kier alpha value is -1.46. The Balaban J connectivity index is 1.84. The smallest absolute Gasteiger partial charge is 0.438 e. The number of hydrogen-bond donors (Lipinski definition) is 1. The number of ether oxygens (including phenoxy) is 1. The third-order valence-electron chi connectivity index (χ3n) is 4.23. The van der Waals surface area contributed by atoms with Crippen LogP contribution in [0.5, 0.6) is 5.75 Å². The molecule has 2 saturated heterocycles. The fourth-order valence-electron chi connectivity index (χ4n) is 3.18. The Morgan fingerprint density at radius 2 is 2.14 bits per heavy atom. The maximum absolute atomic E-state index is 12.2. The van der Waals surface area contributed by atoms with Crippen LogP contribution in [0.15, 0.2) is 24.3 Å². The second kappa shape index (κ2) is 5.73. The number of benzene rings is 1. The van der Waals surface area contributed by atoms with Gasteiger partial charge in [-0.15, -0.1) is 5.06 Å². The second-order valence-electron chi connectivity index (χ2n) is 5.45. The first-order valence-electron chi connectivity index (χ1n) is 7.32. The summed E-state index contributed by atoms with van der Waals surface area (Å²) in [6, 6.07) is 7.03. The van der Waals surface area contributed by atoms with Crippen molar-refractivity contribution in [2.75, 3.05) is 13.1 Å². The minimum Gasteiger partial charge on any atom is -0.438 e. The molecule has 1 unspecified atom stereocenters. The van der Waals surface area contributed by atoms with Gasteiger partial charge in [-0.2, -0.15) is 0 Å². The summed E-state index contributed by atoms with van der Waals surface area (Å²) in [7, 11) is 0. The molecule has 3 rings (SSSR count). The molecule has 2 fully saturated rings. The normalized spacial score (nSPS) is 24.2. The number of para-hydroxylation sites is 1. The second-order valence-corrected chi connectivity index (χ2v) is 5.86. The van der Waals surface area contributed by atoms with Crippen molar-refractivity contribution in [3.8, 4) is 5.75 Å². The average molecular weight is 311 g/mol. The van der Waals surface area contributed by atoms with Gasteiger partial charge in [0.25, 0.3) is 0 Å². The summed E-state index contributed by atoms with van der Waals surface area (Å²) in [5.41, 5.74) is -0.446. The predicted molar refractivity (Wildman–Crippen MR) is 79.3 cm³/mol. The molecule has 0 aromatic heterocycles. The molecule has 5 nitrogen and oxygen atoms in total. The van der Waals surface area contributed by atoms with Crippen molar-refractivity contribution in [1.29, 1.82) is 0 Å². The molecule has 1 amide bonds. The maximum atomic E-state index is 12.2. The van der Waals surface area contributed by atoms with Crippen molar-refractivity contribution >= 4 is 17.7 Å². The molecule has 0 radical (unpaired) electrons. The first-order valence-corrected chi connectivity index (χ1v) is 7.69. The Kier molecular flexibility index (Phi) is 3.95. The lowest BCUT2D eigenvalue weighted by molar-refractivity contribution is -0.0538. The summed E-state index contributed by atoms with van der Waals surface area (Å²) in [4.78, 5) is 18.0. The van der Waals surface area contributed by atoms with Gasteiger partial charge in [-0.05, 0) is 31.6 Å². The molecule has 0 aliphatic carbocycles. The SMILES string of the molecule is CCC1N(Oc2ccccc2Cl)C(=O)OC12CCNCC2. The van der Waals surface area contributed by atoms with Crippen LogP contribution in [0.1, 0.15) is 26.2 Å². The van der Waals surface area contributed by atoms with E-state index in [9.17, 15) is 4.79 Å². The van der Waals surface area contributed by atoms with Gasteiger partial charge in [0.15, 0.2) is 5.75 Å². The predicted octanol–water partition coefficient (Wildman–Crippen LogP) is 2.99. The summed E-state index contributed by atoms with van der Waals surface area (Å²) in [5.74, 6) is 0.473. The van der Waals surface area contributed by atoms with E-state index in [2.05, 4.69) is 5.32 Å². The topological polar surface area (TPSA) is 50.8 Å². The van der Waals surface area contributed by atoms with Gasteiger partial charge in [0, 0.05) is 12.8 Å². The van der Waals surface area contributed by atoms with Crippen molar-refractivity contribution in [2.24, 2.45) is 0 Å². The lowest BCUT2D eigenvalue weighted by atomic mass is 9.84. The van der Waals surface area contributed by atoms with Crippen LogP contribution < -0.4 is 10.2 Å². The molecule has 1 aromatic carbocycles. The highest BCUT2D eigenvalue weighted by molar-refractivity contribution is 6.32. The van der Waals surface area contributed by atoms with Gasteiger partial charge in [-0.1, -0.05) is 30.7 Å². The summed E-state index contributed by atoms with van der Waals surface area (Å²) in [6.45, 7) is 3.74. The quantitative estimate of drug-likeness (QED) is 0.932. The van der Waals surface area contributed by atoms with E-state index in [1.165, 1.54) is 5.06 Å². The number of carbonyl (C=O) groups excluding carboxylic acids is 1. The van der Waals surface area contributed by atoms with Crippen molar-refractivity contribution in [1.82, 2.24) is 10.4 Å². The van der Waals surface area contributed by atoms with E-state index < -0.39 is 11.7 Å². The third kappa shape index (κ3) is 2.56. The molecule has 1 aromatic rings. The Morgan fingerprint density at radius 1 is 1.43 bits per heavy atom. The van der Waals surface area contributed by atoms with Crippen molar-refractivity contribution in [2.45, 2.75) is 37.8 Å². The number of carbonyl (C=O) groups is 1. The van der Waals surface area contributed by atoms with Crippen LogP contribution in [0.2, 0.25) is 5.02 Å². The molecular weight excluding hydrogens is 292 g/mol. The van der Waals surface area contributed by atoms with Gasteiger partial charge in [-0.3, -0.25) is 0 Å². The van der Waals surface area contributed by atoms with Gasteiger partial charge >= 0.3 is 6.09 Å². The minimum absolute atomic E-state index is 0.0941. The Morgan fingerprint density at radius 3 is 2.81 bits per heavy atom. The van der Waals surface area contributed by atoms with Crippen LogP contribution in [0.3, 0.4) is 0 Å². The lowest BCUT2D eigenvalue weighted by Crippen LogP contribution is -2.51. The standard InChI is InChI=1S/C15H19ClN2O3/c1-2-13-15(7-9-17-10-8-15)20-14(19)18(13)21-12-6-4-3-5-11(12)16/h3-6,13,17H,2,7-10H2,1H3. The fourth-order valence-corrected chi connectivity index (χ4v) is 3.35. The maximum Gasteiger partial charge on any atom is 0.444 e. The molecule has 2 aliphatic rings. The first-order chi connectivity index (χ1) is 10.2. The van der Waals surface area contributed by atoms with Crippen LogP contribution in [0, 0.1) is 0 Å². The molecule has 1 N–H and O–H groups in total. The largest absolute Gasteiger partial charge is 0.444 e. The van der Waals surface area contributed by atoms with Gasteiger partial charge in [-0.25, -0.2) is 4.79 Å². The number of amides is 1. The van der Waals surface area contributed by atoms with E-state index in [1.807, 2.05) is 19.1 Å². The lowest BCUT2D eigenvalue weighted by Gasteiger charge is -2.36. The van der Waals surface area contributed by atoms with Crippen LogP contribution in [0.4, 0.5) is 4.79 Å². The van der Waals surface area contributed by atoms with E-state index in [4.69, 9.17) is 21.2 Å². The summed E-state index contributed by atoms with van der Waals surface area (Å²) in [5, 5.41) is 5.13. The zero-order valence-electron chi connectivity index (χ0n) is 12.0. The molecule has 1 spiro atoms. The number of rotatable bonds is 3. The molecule has 2 heterocycles. The Labute approximate surface area is 129 Å². The highest BCUT2D eigenvalue weighted by Crippen LogP contribution is 2.39. The molecule has 1 atom stereocenters. The minimum atomic E-state index is -0.446. The van der Waals surface area contributed by atoms with Crippen LogP contribution >= 0.6 is 11.6 Å². The number of hydrogen-bond acceptors (Lipinski definition) is 4. The van der Waals surface area contributed by atoms with Crippen molar-refractivity contribution in [3.05, 3.63) is 29.3 Å². The van der Waals surface area contributed by atoms with Gasteiger partial charge < -0.3 is 14.9 Å². The number of piperidine rings is 1. The number of nitrogens with one attached hydrogen (secondary N) is 1.